The smallest absolute Gasteiger partial charge is 0.378 e. The third-order valence-corrected chi connectivity index (χ3v) is 7.97. The molecule has 0 bridgehead atoms. The quantitative estimate of drug-likeness (QED) is 0.277. The number of ether oxygens (including phenoxy) is 2. The summed E-state index contributed by atoms with van der Waals surface area (Å²) >= 11 is 1.50. The average Bonchev–Trinajstić information content (AvgIpc) is 3.00. The second-order valence-corrected chi connectivity index (χ2v) is 10.8. The molecule has 0 N–H and O–H groups in total. The van der Waals surface area contributed by atoms with Crippen molar-refractivity contribution in [2.24, 2.45) is 0 Å². The first-order valence-electron chi connectivity index (χ1n) is 13.4. The van der Waals surface area contributed by atoms with E-state index in [0.717, 1.165) is 23.1 Å². The number of morpholine rings is 1. The number of anilines is 2. The minimum absolute atomic E-state index is 0.0147. The van der Waals surface area contributed by atoms with Crippen molar-refractivity contribution in [2.45, 2.75) is 23.7 Å². The number of amides is 1. The van der Waals surface area contributed by atoms with Gasteiger partial charge in [0.1, 0.15) is 5.82 Å². The fourth-order valence-electron chi connectivity index (χ4n) is 4.82. The molecule has 2 aromatic carbocycles. The summed E-state index contributed by atoms with van der Waals surface area (Å²) in [5.41, 5.74) is 2.39. The van der Waals surface area contributed by atoms with Gasteiger partial charge in [-0.15, -0.1) is 0 Å². The van der Waals surface area contributed by atoms with E-state index in [1.807, 2.05) is 40.1 Å². The topological polar surface area (TPSA) is 71.0 Å². The maximum absolute atomic E-state index is 13.2. The minimum atomic E-state index is -4.37. The van der Waals surface area contributed by atoms with E-state index in [-0.39, 0.29) is 5.91 Å². The molecule has 0 radical (unpaired) electrons. The van der Waals surface area contributed by atoms with E-state index >= 15 is 0 Å². The Morgan fingerprint density at radius 1 is 0.951 bits per heavy atom. The number of rotatable bonds is 8. The Hall–Kier alpha value is -3.35. The number of halogens is 3. The third kappa shape index (κ3) is 7.49. The first kappa shape index (κ1) is 29.2. The Balaban J connectivity index is 1.22. The molecule has 218 valence electrons. The number of alkyl halides is 3. The number of aromatic nitrogens is 2. The van der Waals surface area contributed by atoms with Gasteiger partial charge in [-0.3, -0.25) is 4.79 Å². The van der Waals surface area contributed by atoms with Crippen molar-refractivity contribution >= 4 is 29.2 Å². The van der Waals surface area contributed by atoms with E-state index in [1.165, 1.54) is 23.9 Å². The molecular formula is C29H32F3N5O3S. The molecule has 3 heterocycles. The van der Waals surface area contributed by atoms with Crippen LogP contribution in [0.1, 0.15) is 27.2 Å². The van der Waals surface area contributed by atoms with Crippen molar-refractivity contribution in [1.29, 1.82) is 0 Å². The molecule has 2 saturated heterocycles. The van der Waals surface area contributed by atoms with Gasteiger partial charge in [-0.05, 0) is 35.9 Å². The van der Waals surface area contributed by atoms with Crippen LogP contribution in [0.2, 0.25) is 0 Å². The number of thioether (sulfide) groups is 1. The molecule has 8 nitrogen and oxygen atoms in total. The maximum atomic E-state index is 13.2. The molecule has 2 fully saturated rings. The van der Waals surface area contributed by atoms with E-state index in [2.05, 4.69) is 9.88 Å². The lowest BCUT2D eigenvalue weighted by Crippen LogP contribution is -2.47. The summed E-state index contributed by atoms with van der Waals surface area (Å²) in [6.45, 7) is 5.05. The fourth-order valence-corrected chi connectivity index (χ4v) is 5.65. The number of benzene rings is 2. The monoisotopic (exact) mass is 587 g/mol. The van der Waals surface area contributed by atoms with Crippen LogP contribution in [0.3, 0.4) is 0 Å². The fraction of sp³-hybridized carbons (Fsp3) is 0.414. The van der Waals surface area contributed by atoms with Crippen molar-refractivity contribution in [3.63, 3.8) is 0 Å². The zero-order chi connectivity index (χ0) is 28.8. The summed E-state index contributed by atoms with van der Waals surface area (Å²) < 4.78 is 50.2. The van der Waals surface area contributed by atoms with Crippen LogP contribution < -0.4 is 9.80 Å². The number of carbonyl (C=O) groups is 1. The predicted octanol–water partition coefficient (Wildman–Crippen LogP) is 4.73. The van der Waals surface area contributed by atoms with Crippen LogP contribution in [0.4, 0.5) is 24.7 Å². The molecule has 2 aliphatic heterocycles. The van der Waals surface area contributed by atoms with Gasteiger partial charge in [0.2, 0.25) is 0 Å². The number of piperazine rings is 1. The Morgan fingerprint density at radius 2 is 1.66 bits per heavy atom. The van der Waals surface area contributed by atoms with Crippen LogP contribution in [0.15, 0.2) is 59.8 Å². The Labute approximate surface area is 241 Å². The zero-order valence-electron chi connectivity index (χ0n) is 22.8. The first-order valence-corrected chi connectivity index (χ1v) is 14.4. The van der Waals surface area contributed by atoms with Crippen LogP contribution in [-0.4, -0.2) is 80.4 Å². The van der Waals surface area contributed by atoms with Crippen molar-refractivity contribution in [2.75, 3.05) is 69.4 Å². The lowest BCUT2D eigenvalue weighted by Gasteiger charge is -2.37. The number of hydrogen-bond acceptors (Lipinski definition) is 8. The van der Waals surface area contributed by atoms with E-state index in [1.54, 1.807) is 13.2 Å². The standard InChI is InChI=1S/C29H32F3N5O3S/c1-39-19-24-18-26(36-11-9-35(10-12-36)25-4-2-3-23(17-25)29(30,31)32)34-28(33-24)41-20-21-5-7-22(8-6-21)27(38)37-13-15-40-16-14-37/h2-8,17-18H,9-16,19-20H2,1H3. The summed E-state index contributed by atoms with van der Waals surface area (Å²) in [6.07, 6.45) is -4.37. The SMILES string of the molecule is COCc1cc(N2CCN(c3cccc(C(F)(F)F)c3)CC2)nc(SCc2ccc(C(=O)N3CCOCC3)cc2)n1. The third-order valence-electron chi connectivity index (χ3n) is 7.05. The molecule has 3 aromatic rings. The van der Waals surface area contributed by atoms with Gasteiger partial charge in [0, 0.05) is 69.4 Å². The molecule has 0 saturated carbocycles. The van der Waals surface area contributed by atoms with Crippen LogP contribution >= 0.6 is 11.8 Å². The van der Waals surface area contributed by atoms with E-state index in [0.29, 0.717) is 81.2 Å². The second kappa shape index (κ2) is 13.1. The minimum Gasteiger partial charge on any atom is -0.378 e. The molecule has 0 aliphatic carbocycles. The Bertz CT molecular complexity index is 1330. The molecule has 1 aromatic heterocycles. The van der Waals surface area contributed by atoms with Gasteiger partial charge >= 0.3 is 6.18 Å². The summed E-state index contributed by atoms with van der Waals surface area (Å²) in [5.74, 6) is 1.41. The molecule has 41 heavy (non-hydrogen) atoms. The van der Waals surface area contributed by atoms with Crippen LogP contribution in [0.5, 0.6) is 0 Å². The van der Waals surface area contributed by atoms with E-state index < -0.39 is 11.7 Å². The maximum Gasteiger partial charge on any atom is 0.416 e. The molecule has 1 amide bonds. The molecule has 0 atom stereocenters. The number of carbonyl (C=O) groups excluding carboxylic acids is 1. The number of hydrogen-bond donors (Lipinski definition) is 0. The highest BCUT2D eigenvalue weighted by Crippen LogP contribution is 2.32. The summed E-state index contributed by atoms with van der Waals surface area (Å²) in [6, 6.07) is 15.0. The van der Waals surface area contributed by atoms with E-state index in [4.69, 9.17) is 14.5 Å². The highest BCUT2D eigenvalue weighted by atomic mass is 32.2. The molecular weight excluding hydrogens is 555 g/mol. The zero-order valence-corrected chi connectivity index (χ0v) is 23.6. The van der Waals surface area contributed by atoms with Crippen molar-refractivity contribution in [3.8, 4) is 0 Å². The normalized spacial score (nSPS) is 16.2. The van der Waals surface area contributed by atoms with Crippen molar-refractivity contribution in [1.82, 2.24) is 14.9 Å². The van der Waals surface area contributed by atoms with Gasteiger partial charge in [-0.1, -0.05) is 30.0 Å². The van der Waals surface area contributed by atoms with Crippen LogP contribution in [-0.2, 0) is 28.0 Å². The Morgan fingerprint density at radius 3 is 2.34 bits per heavy atom. The molecule has 0 spiro atoms. The Kier molecular flexibility index (Phi) is 9.31. The number of nitrogens with zero attached hydrogens (tertiary/aromatic N) is 5. The lowest BCUT2D eigenvalue weighted by atomic mass is 10.1. The van der Waals surface area contributed by atoms with Gasteiger partial charge in [0.25, 0.3) is 5.91 Å². The summed E-state index contributed by atoms with van der Waals surface area (Å²) in [5, 5.41) is 0.614. The molecule has 2 aliphatic rings. The molecule has 12 heteroatoms. The highest BCUT2D eigenvalue weighted by Gasteiger charge is 2.31. The van der Waals surface area contributed by atoms with Gasteiger partial charge in [0.05, 0.1) is 31.1 Å². The number of methoxy groups -OCH3 is 1. The summed E-state index contributed by atoms with van der Waals surface area (Å²) in [4.78, 5) is 28.0. The second-order valence-electron chi connectivity index (χ2n) is 9.85. The van der Waals surface area contributed by atoms with Crippen LogP contribution in [0, 0.1) is 0 Å². The molecule has 0 unspecified atom stereocenters. The molecule has 5 rings (SSSR count). The summed E-state index contributed by atoms with van der Waals surface area (Å²) in [7, 11) is 1.61. The largest absolute Gasteiger partial charge is 0.416 e. The predicted molar refractivity (Wildman–Crippen MR) is 151 cm³/mol. The first-order chi connectivity index (χ1) is 19.8. The van der Waals surface area contributed by atoms with Crippen molar-refractivity contribution < 1.29 is 27.4 Å². The van der Waals surface area contributed by atoms with Gasteiger partial charge in [0.15, 0.2) is 5.16 Å². The van der Waals surface area contributed by atoms with Gasteiger partial charge in [-0.2, -0.15) is 13.2 Å². The van der Waals surface area contributed by atoms with Crippen LogP contribution in [0.25, 0.3) is 0 Å². The van der Waals surface area contributed by atoms with Gasteiger partial charge < -0.3 is 24.2 Å². The lowest BCUT2D eigenvalue weighted by molar-refractivity contribution is -0.137. The van der Waals surface area contributed by atoms with Gasteiger partial charge in [-0.25, -0.2) is 9.97 Å². The highest BCUT2D eigenvalue weighted by molar-refractivity contribution is 7.98. The van der Waals surface area contributed by atoms with Crippen molar-refractivity contribution in [3.05, 3.63) is 77.0 Å². The van der Waals surface area contributed by atoms with E-state index in [9.17, 15) is 18.0 Å². The average molecular weight is 588 g/mol.